The molecule has 0 spiro atoms. The number of nitrogens with one attached hydrogen (secondary N) is 2. The van der Waals surface area contributed by atoms with Gasteiger partial charge < -0.3 is 10.3 Å². The second kappa shape index (κ2) is 6.70. The van der Waals surface area contributed by atoms with E-state index in [-0.39, 0.29) is 0 Å². The van der Waals surface area contributed by atoms with Gasteiger partial charge in [0.25, 0.3) is 0 Å². The van der Waals surface area contributed by atoms with Crippen molar-refractivity contribution in [3.63, 3.8) is 0 Å². The van der Waals surface area contributed by atoms with Crippen molar-refractivity contribution < 1.29 is 0 Å². The fourth-order valence-corrected chi connectivity index (χ4v) is 2.80. The lowest BCUT2D eigenvalue weighted by molar-refractivity contribution is 1.11. The minimum Gasteiger partial charge on any atom is -0.366 e. The summed E-state index contributed by atoms with van der Waals surface area (Å²) < 4.78 is 0. The first-order valence-corrected chi connectivity index (χ1v) is 8.40. The van der Waals surface area contributed by atoms with Gasteiger partial charge in [0, 0.05) is 23.3 Å². The van der Waals surface area contributed by atoms with E-state index < -0.39 is 0 Å². The number of aromatic amines is 1. The lowest BCUT2D eigenvalue weighted by Gasteiger charge is -2.07. The van der Waals surface area contributed by atoms with Gasteiger partial charge in [0.05, 0.1) is 11.9 Å². The van der Waals surface area contributed by atoms with Crippen LogP contribution in [0, 0.1) is 0 Å². The van der Waals surface area contributed by atoms with Crippen LogP contribution in [0.3, 0.4) is 0 Å². The number of aromatic nitrogens is 4. The molecular weight excluding hydrogens is 357 g/mol. The van der Waals surface area contributed by atoms with Crippen LogP contribution in [0.25, 0.3) is 22.4 Å². The maximum absolute atomic E-state index is 5.97. The molecule has 0 radical (unpaired) electrons. The molecule has 0 amide bonds. The summed E-state index contributed by atoms with van der Waals surface area (Å²) in [5, 5.41) is 4.39. The number of anilines is 1. The number of hydrogen-bond acceptors (Lipinski definition) is 4. The Bertz CT molecular complexity index is 1030. The molecule has 0 aliphatic heterocycles. The molecule has 0 saturated heterocycles. The lowest BCUT2D eigenvalue weighted by atomic mass is 10.2. The van der Waals surface area contributed by atoms with E-state index in [1.54, 1.807) is 0 Å². The average Bonchev–Trinajstić information content (AvgIpc) is 3.04. The van der Waals surface area contributed by atoms with E-state index in [0.29, 0.717) is 22.9 Å². The quantitative estimate of drug-likeness (QED) is 0.534. The van der Waals surface area contributed by atoms with E-state index in [1.165, 1.54) is 6.20 Å². The molecule has 124 valence electrons. The standard InChI is InChI=1S/C18H13Cl2N5/c19-12-6-4-11(5-7-12)8-21-16-3-1-2-14(24-16)13-9-22-18-17(13)25-15(20)10-23-18/h1-7,9-10H,8H2,(H,21,24)(H,22,23). The highest BCUT2D eigenvalue weighted by Crippen LogP contribution is 2.26. The van der Waals surface area contributed by atoms with E-state index in [1.807, 2.05) is 48.7 Å². The molecule has 0 saturated carbocycles. The van der Waals surface area contributed by atoms with Gasteiger partial charge in [-0.2, -0.15) is 0 Å². The average molecular weight is 370 g/mol. The van der Waals surface area contributed by atoms with Gasteiger partial charge in [0.2, 0.25) is 0 Å². The first kappa shape index (κ1) is 15.9. The van der Waals surface area contributed by atoms with Crippen molar-refractivity contribution in [1.82, 2.24) is 19.9 Å². The van der Waals surface area contributed by atoms with Crippen LogP contribution in [0.5, 0.6) is 0 Å². The Balaban J connectivity index is 1.60. The van der Waals surface area contributed by atoms with Crippen LogP contribution in [-0.2, 0) is 6.54 Å². The number of halogens is 2. The number of nitrogens with zero attached hydrogens (tertiary/aromatic N) is 3. The molecule has 7 heteroatoms. The molecule has 0 aliphatic rings. The van der Waals surface area contributed by atoms with Gasteiger partial charge in [0.15, 0.2) is 5.65 Å². The zero-order chi connectivity index (χ0) is 17.2. The van der Waals surface area contributed by atoms with Gasteiger partial charge in [0.1, 0.15) is 16.5 Å². The van der Waals surface area contributed by atoms with Gasteiger partial charge in [-0.1, -0.05) is 41.4 Å². The van der Waals surface area contributed by atoms with E-state index in [4.69, 9.17) is 23.2 Å². The summed E-state index contributed by atoms with van der Waals surface area (Å²) in [6, 6.07) is 13.5. The second-order valence-electron chi connectivity index (χ2n) is 5.48. The Kier molecular flexibility index (Phi) is 4.26. The van der Waals surface area contributed by atoms with Crippen LogP contribution in [0.1, 0.15) is 5.56 Å². The van der Waals surface area contributed by atoms with Crippen LogP contribution in [0.15, 0.2) is 54.9 Å². The molecule has 0 bridgehead atoms. The summed E-state index contributed by atoms with van der Waals surface area (Å²) in [6.07, 6.45) is 3.36. The van der Waals surface area contributed by atoms with Crippen LogP contribution in [0.2, 0.25) is 10.2 Å². The molecular formula is C18H13Cl2N5. The van der Waals surface area contributed by atoms with Gasteiger partial charge in [-0.15, -0.1) is 0 Å². The van der Waals surface area contributed by atoms with Crippen molar-refractivity contribution in [3.05, 3.63) is 70.6 Å². The highest BCUT2D eigenvalue weighted by molar-refractivity contribution is 6.30. The third-order valence-corrected chi connectivity index (χ3v) is 4.20. The molecule has 3 heterocycles. The number of benzene rings is 1. The molecule has 3 aromatic heterocycles. The Hall–Kier alpha value is -2.63. The van der Waals surface area contributed by atoms with Crippen molar-refractivity contribution in [2.24, 2.45) is 0 Å². The van der Waals surface area contributed by atoms with Gasteiger partial charge in [-0.25, -0.2) is 15.0 Å². The van der Waals surface area contributed by atoms with Gasteiger partial charge >= 0.3 is 0 Å². The van der Waals surface area contributed by atoms with Crippen molar-refractivity contribution >= 4 is 40.2 Å². The molecule has 4 aromatic rings. The van der Waals surface area contributed by atoms with Crippen LogP contribution in [-0.4, -0.2) is 19.9 Å². The smallest absolute Gasteiger partial charge is 0.156 e. The second-order valence-corrected chi connectivity index (χ2v) is 6.30. The summed E-state index contributed by atoms with van der Waals surface area (Å²) in [4.78, 5) is 16.3. The monoisotopic (exact) mass is 369 g/mol. The zero-order valence-corrected chi connectivity index (χ0v) is 14.5. The largest absolute Gasteiger partial charge is 0.366 e. The summed E-state index contributed by atoms with van der Waals surface area (Å²) >= 11 is 11.9. The summed E-state index contributed by atoms with van der Waals surface area (Å²) in [5.74, 6) is 0.775. The highest BCUT2D eigenvalue weighted by atomic mass is 35.5. The molecule has 2 N–H and O–H groups in total. The minimum atomic E-state index is 0.352. The Morgan fingerprint density at radius 1 is 1.00 bits per heavy atom. The minimum absolute atomic E-state index is 0.352. The van der Waals surface area contributed by atoms with E-state index in [9.17, 15) is 0 Å². The van der Waals surface area contributed by atoms with E-state index in [2.05, 4.69) is 25.3 Å². The predicted molar refractivity (Wildman–Crippen MR) is 101 cm³/mol. The Labute approximate surface area is 154 Å². The molecule has 0 atom stereocenters. The zero-order valence-electron chi connectivity index (χ0n) is 13.0. The molecule has 4 rings (SSSR count). The molecule has 0 fully saturated rings. The van der Waals surface area contributed by atoms with E-state index >= 15 is 0 Å². The number of H-pyrrole nitrogens is 1. The topological polar surface area (TPSA) is 66.5 Å². The fraction of sp³-hybridized carbons (Fsp3) is 0.0556. The van der Waals surface area contributed by atoms with Crippen molar-refractivity contribution in [2.75, 3.05) is 5.32 Å². The Morgan fingerprint density at radius 2 is 1.84 bits per heavy atom. The van der Waals surface area contributed by atoms with Crippen LogP contribution >= 0.6 is 23.2 Å². The predicted octanol–water partition coefficient (Wildman–Crippen LogP) is 4.94. The maximum atomic E-state index is 5.97. The van der Waals surface area contributed by atoms with Crippen LogP contribution < -0.4 is 5.32 Å². The number of fused-ring (bicyclic) bond motifs is 1. The van der Waals surface area contributed by atoms with Gasteiger partial charge in [-0.05, 0) is 29.8 Å². The third kappa shape index (κ3) is 3.43. The van der Waals surface area contributed by atoms with Crippen molar-refractivity contribution in [2.45, 2.75) is 6.54 Å². The first-order valence-electron chi connectivity index (χ1n) is 7.64. The first-order chi connectivity index (χ1) is 12.2. The molecule has 0 aliphatic carbocycles. The summed E-state index contributed by atoms with van der Waals surface area (Å²) in [5.41, 5.74) is 4.17. The number of rotatable bonds is 4. The molecule has 5 nitrogen and oxygen atoms in total. The van der Waals surface area contributed by atoms with Crippen LogP contribution in [0.4, 0.5) is 5.82 Å². The van der Waals surface area contributed by atoms with Gasteiger partial charge in [-0.3, -0.25) is 0 Å². The molecule has 0 unspecified atom stereocenters. The Morgan fingerprint density at radius 3 is 2.68 bits per heavy atom. The molecule has 25 heavy (non-hydrogen) atoms. The third-order valence-electron chi connectivity index (χ3n) is 3.76. The normalized spacial score (nSPS) is 11.0. The SMILES string of the molecule is Clc1ccc(CNc2cccc(-c3c[nH]c4ncc(Cl)nc34)n2)cc1. The van der Waals surface area contributed by atoms with E-state index in [0.717, 1.165) is 27.7 Å². The summed E-state index contributed by atoms with van der Waals surface area (Å²) in [6.45, 7) is 0.660. The van der Waals surface area contributed by atoms with Crippen molar-refractivity contribution in [1.29, 1.82) is 0 Å². The summed E-state index contributed by atoms with van der Waals surface area (Å²) in [7, 11) is 0. The number of hydrogen-bond donors (Lipinski definition) is 2. The molecule has 1 aromatic carbocycles. The highest BCUT2D eigenvalue weighted by Gasteiger charge is 2.11. The number of pyridine rings is 1. The van der Waals surface area contributed by atoms with Crippen molar-refractivity contribution in [3.8, 4) is 11.3 Å². The lowest BCUT2D eigenvalue weighted by Crippen LogP contribution is -2.01. The maximum Gasteiger partial charge on any atom is 0.156 e. The fourth-order valence-electron chi connectivity index (χ4n) is 2.54.